The predicted octanol–water partition coefficient (Wildman–Crippen LogP) is 7.19. The molecule has 0 atom stereocenters. The van der Waals surface area contributed by atoms with Gasteiger partial charge in [0.1, 0.15) is 11.6 Å². The van der Waals surface area contributed by atoms with E-state index in [0.29, 0.717) is 17.4 Å². The third-order valence-electron chi connectivity index (χ3n) is 7.76. The first-order valence-electron chi connectivity index (χ1n) is 13.7. The molecule has 0 spiro atoms. The lowest BCUT2D eigenvalue weighted by molar-refractivity contribution is 0.271. The van der Waals surface area contributed by atoms with Crippen LogP contribution in [0.15, 0.2) is 60.7 Å². The number of imidazole rings is 1. The second-order valence-corrected chi connectivity index (χ2v) is 12.5. The molecule has 1 N–H and O–H groups in total. The molecule has 0 unspecified atom stereocenters. The third kappa shape index (κ3) is 4.86. The first-order chi connectivity index (χ1) is 19.6. The Bertz CT molecular complexity index is 1690. The van der Waals surface area contributed by atoms with E-state index in [0.717, 1.165) is 87.2 Å². The van der Waals surface area contributed by atoms with Gasteiger partial charge >= 0.3 is 0 Å². The number of anilines is 3. The van der Waals surface area contributed by atoms with Crippen molar-refractivity contribution in [2.75, 3.05) is 42.9 Å². The molecule has 2 aromatic heterocycles. The van der Waals surface area contributed by atoms with Crippen molar-refractivity contribution in [1.82, 2.24) is 24.6 Å². The number of nitrogens with zero attached hydrogens (tertiary/aromatic N) is 6. The van der Waals surface area contributed by atoms with Gasteiger partial charge < -0.3 is 19.7 Å². The predicted molar refractivity (Wildman–Crippen MR) is 169 cm³/mol. The number of benzene rings is 3. The van der Waals surface area contributed by atoms with Crippen LogP contribution in [-0.2, 0) is 0 Å². The summed E-state index contributed by atoms with van der Waals surface area (Å²) in [6.07, 6.45) is 2.17. The molecule has 1 saturated carbocycles. The molecule has 2 fully saturated rings. The zero-order valence-corrected chi connectivity index (χ0v) is 25.1. The maximum atomic E-state index is 15.0. The zero-order chi connectivity index (χ0) is 27.2. The lowest BCUT2D eigenvalue weighted by Crippen LogP contribution is -2.46. The fourth-order valence-corrected chi connectivity index (χ4v) is 7.09. The maximum Gasteiger partial charge on any atom is 0.210 e. The molecular formula is C30H29FIN7S. The van der Waals surface area contributed by atoms with E-state index >= 15 is 0 Å². The summed E-state index contributed by atoms with van der Waals surface area (Å²) in [4.78, 5) is 9.93. The van der Waals surface area contributed by atoms with Gasteiger partial charge in [0.25, 0.3) is 0 Å². The van der Waals surface area contributed by atoms with Crippen molar-refractivity contribution in [2.24, 2.45) is 0 Å². The zero-order valence-electron chi connectivity index (χ0n) is 22.1. The molecule has 40 heavy (non-hydrogen) atoms. The fraction of sp³-hybridized carbons (Fsp3) is 0.300. The Morgan fingerprint density at radius 1 is 0.975 bits per heavy atom. The van der Waals surface area contributed by atoms with Crippen molar-refractivity contribution in [1.29, 1.82) is 0 Å². The fourth-order valence-electron chi connectivity index (χ4n) is 5.46. The van der Waals surface area contributed by atoms with Gasteiger partial charge in [-0.3, -0.25) is 0 Å². The van der Waals surface area contributed by atoms with Gasteiger partial charge in [-0.05, 0) is 72.3 Å². The Balaban J connectivity index is 1.33. The number of fused-ring (bicyclic) bond motifs is 1. The van der Waals surface area contributed by atoms with E-state index in [-0.39, 0.29) is 5.82 Å². The first kappa shape index (κ1) is 25.8. The van der Waals surface area contributed by atoms with Crippen molar-refractivity contribution >= 4 is 61.5 Å². The lowest BCUT2D eigenvalue weighted by Gasteiger charge is -2.36. The van der Waals surface area contributed by atoms with E-state index in [1.165, 1.54) is 6.07 Å². The summed E-state index contributed by atoms with van der Waals surface area (Å²) >= 11 is 3.88. The highest BCUT2D eigenvalue weighted by Crippen LogP contribution is 2.44. The van der Waals surface area contributed by atoms with Gasteiger partial charge in [0, 0.05) is 41.4 Å². The molecule has 0 amide bonds. The second-order valence-electron chi connectivity index (χ2n) is 10.3. The summed E-state index contributed by atoms with van der Waals surface area (Å²) in [5.74, 6) is 0.456. The van der Waals surface area contributed by atoms with Gasteiger partial charge in [0.15, 0.2) is 5.01 Å². The van der Waals surface area contributed by atoms with Crippen molar-refractivity contribution < 1.29 is 4.39 Å². The van der Waals surface area contributed by atoms with Crippen LogP contribution in [0.4, 0.5) is 20.9 Å². The summed E-state index contributed by atoms with van der Waals surface area (Å²) in [6.45, 7) is 7.19. The Morgan fingerprint density at radius 2 is 1.73 bits per heavy atom. The van der Waals surface area contributed by atoms with Crippen LogP contribution in [0.5, 0.6) is 0 Å². The normalized spacial score (nSPS) is 16.1. The molecule has 2 aliphatic rings. The molecular weight excluding hydrogens is 636 g/mol. The summed E-state index contributed by atoms with van der Waals surface area (Å²) in [5, 5.41) is 14.2. The Labute approximate surface area is 250 Å². The molecule has 204 valence electrons. The highest BCUT2D eigenvalue weighted by molar-refractivity contribution is 14.1. The second kappa shape index (κ2) is 10.7. The number of rotatable bonds is 7. The molecule has 5 aromatic rings. The third-order valence-corrected chi connectivity index (χ3v) is 9.58. The van der Waals surface area contributed by atoms with E-state index in [2.05, 4.69) is 83.7 Å². The highest BCUT2D eigenvalue weighted by Gasteiger charge is 2.31. The molecule has 7 rings (SSSR count). The molecule has 1 saturated heterocycles. The van der Waals surface area contributed by atoms with E-state index in [1.807, 2.05) is 24.3 Å². The number of piperazine rings is 1. The standard InChI is InChI=1S/C30H29FIN7S/c1-2-37-13-15-38(16-14-37)26-18-27-25(33-28(39(27)19-11-12-19)20-7-3-5-9-22(20)31)17-24(26)34-30-36-35-29(40-30)21-8-4-6-10-23(21)32/h3-10,17-19H,2,11-16H2,1H3,(H,34,36). The van der Waals surface area contributed by atoms with Gasteiger partial charge in [0.2, 0.25) is 5.13 Å². The van der Waals surface area contributed by atoms with Crippen molar-refractivity contribution in [2.45, 2.75) is 25.8 Å². The molecule has 10 heteroatoms. The van der Waals surface area contributed by atoms with Crippen LogP contribution in [0.25, 0.3) is 33.0 Å². The molecule has 1 aliphatic heterocycles. The van der Waals surface area contributed by atoms with Crippen molar-refractivity contribution in [3.8, 4) is 22.0 Å². The van der Waals surface area contributed by atoms with Crippen LogP contribution >= 0.6 is 33.9 Å². The maximum absolute atomic E-state index is 15.0. The van der Waals surface area contributed by atoms with Crippen LogP contribution in [0.2, 0.25) is 0 Å². The van der Waals surface area contributed by atoms with Gasteiger partial charge in [-0.1, -0.05) is 48.6 Å². The number of nitrogens with one attached hydrogen (secondary N) is 1. The summed E-state index contributed by atoms with van der Waals surface area (Å²) in [6, 6.07) is 19.9. The molecule has 0 bridgehead atoms. The van der Waals surface area contributed by atoms with Crippen LogP contribution in [0, 0.1) is 9.39 Å². The van der Waals surface area contributed by atoms with Crippen molar-refractivity contribution in [3.05, 3.63) is 70.1 Å². The number of hydrogen-bond acceptors (Lipinski definition) is 7. The SMILES string of the molecule is CCN1CCN(c2cc3c(cc2Nc2nnc(-c4ccccc4I)s2)nc(-c2ccccc2F)n3C2CC2)CC1. The topological polar surface area (TPSA) is 62.1 Å². The van der Waals surface area contributed by atoms with Crippen LogP contribution in [0.3, 0.4) is 0 Å². The van der Waals surface area contributed by atoms with Gasteiger partial charge in [-0.2, -0.15) is 0 Å². The average Bonchev–Trinajstić information content (AvgIpc) is 3.60. The minimum absolute atomic E-state index is 0.245. The molecule has 3 aromatic carbocycles. The van der Waals surface area contributed by atoms with E-state index < -0.39 is 0 Å². The van der Waals surface area contributed by atoms with Crippen molar-refractivity contribution in [3.63, 3.8) is 0 Å². The van der Waals surface area contributed by atoms with E-state index in [1.54, 1.807) is 17.4 Å². The van der Waals surface area contributed by atoms with Crippen LogP contribution in [0.1, 0.15) is 25.8 Å². The Morgan fingerprint density at radius 3 is 2.45 bits per heavy atom. The molecule has 3 heterocycles. The quantitative estimate of drug-likeness (QED) is 0.186. The number of aromatic nitrogens is 4. The number of halogens is 2. The van der Waals surface area contributed by atoms with Crippen LogP contribution in [-0.4, -0.2) is 57.4 Å². The minimum atomic E-state index is -0.245. The highest BCUT2D eigenvalue weighted by atomic mass is 127. The minimum Gasteiger partial charge on any atom is -0.367 e. The smallest absolute Gasteiger partial charge is 0.210 e. The van der Waals surface area contributed by atoms with Crippen LogP contribution < -0.4 is 10.2 Å². The summed E-state index contributed by atoms with van der Waals surface area (Å²) < 4.78 is 18.3. The monoisotopic (exact) mass is 665 g/mol. The Kier molecular flexibility index (Phi) is 6.92. The molecule has 7 nitrogen and oxygen atoms in total. The lowest BCUT2D eigenvalue weighted by atomic mass is 10.2. The summed E-state index contributed by atoms with van der Waals surface area (Å²) in [5.41, 5.74) is 5.60. The number of hydrogen-bond donors (Lipinski definition) is 1. The average molecular weight is 666 g/mol. The van der Waals surface area contributed by atoms with Gasteiger partial charge in [0.05, 0.1) is 28.0 Å². The first-order valence-corrected chi connectivity index (χ1v) is 15.6. The number of likely N-dealkylation sites (N-methyl/N-ethyl adjacent to an activating group) is 1. The van der Waals surface area contributed by atoms with Gasteiger partial charge in [-0.25, -0.2) is 9.37 Å². The molecule has 0 radical (unpaired) electrons. The van der Waals surface area contributed by atoms with E-state index in [9.17, 15) is 4.39 Å². The van der Waals surface area contributed by atoms with E-state index in [4.69, 9.17) is 4.98 Å². The molecule has 1 aliphatic carbocycles. The Hall–Kier alpha value is -3.09. The summed E-state index contributed by atoms with van der Waals surface area (Å²) in [7, 11) is 0. The largest absolute Gasteiger partial charge is 0.367 e. The van der Waals surface area contributed by atoms with Gasteiger partial charge in [-0.15, -0.1) is 10.2 Å².